The van der Waals surface area contributed by atoms with E-state index in [-0.39, 0.29) is 11.0 Å². The Morgan fingerprint density at radius 1 is 1.12 bits per heavy atom. The van der Waals surface area contributed by atoms with Crippen molar-refractivity contribution >= 4 is 62.1 Å². The Kier molecular flexibility index (Phi) is 7.23. The van der Waals surface area contributed by atoms with Crippen molar-refractivity contribution in [2.45, 2.75) is 13.8 Å². The molecule has 1 amide bonds. The summed E-state index contributed by atoms with van der Waals surface area (Å²) in [5.41, 5.74) is 2.95. The second-order valence-electron chi connectivity index (χ2n) is 7.82. The lowest BCUT2D eigenvalue weighted by molar-refractivity contribution is 0.0977. The van der Waals surface area contributed by atoms with Crippen molar-refractivity contribution in [3.05, 3.63) is 77.3 Å². The predicted octanol–water partition coefficient (Wildman–Crippen LogP) is 6.78. The number of ether oxygens (including phenoxy) is 1. The number of nitrogens with one attached hydrogen (secondary N) is 2. The molecule has 0 saturated carbocycles. The number of anilines is 1. The van der Waals surface area contributed by atoms with Crippen molar-refractivity contribution < 1.29 is 9.53 Å². The standard InChI is InChI=1S/C25H22ClN3O2S2/c1-15(2)14-31-18-10-7-16(8-11-18)23(30)29-25(32)27-17-9-12-19(20(26)13-17)24-28-21-5-3-4-6-22(21)33-24/h3-13,15H,14H2,1-2H3,(H2,27,29,30,32). The summed E-state index contributed by atoms with van der Waals surface area (Å²) in [5, 5.41) is 7.27. The van der Waals surface area contributed by atoms with Gasteiger partial charge in [-0.1, -0.05) is 37.6 Å². The number of amides is 1. The zero-order valence-electron chi connectivity index (χ0n) is 18.1. The molecule has 33 heavy (non-hydrogen) atoms. The summed E-state index contributed by atoms with van der Waals surface area (Å²) in [5.74, 6) is 0.851. The Morgan fingerprint density at radius 3 is 2.58 bits per heavy atom. The minimum absolute atomic E-state index is 0.184. The first-order chi connectivity index (χ1) is 15.9. The summed E-state index contributed by atoms with van der Waals surface area (Å²) >= 11 is 13.4. The molecule has 0 radical (unpaired) electrons. The number of para-hydroxylation sites is 1. The van der Waals surface area contributed by atoms with E-state index in [0.717, 1.165) is 26.5 Å². The number of thiazole rings is 1. The first kappa shape index (κ1) is 23.2. The molecule has 0 saturated heterocycles. The summed E-state index contributed by atoms with van der Waals surface area (Å²) < 4.78 is 6.75. The van der Waals surface area contributed by atoms with Crippen LogP contribution in [0.25, 0.3) is 20.8 Å². The van der Waals surface area contributed by atoms with Crippen molar-refractivity contribution in [3.63, 3.8) is 0 Å². The molecule has 1 heterocycles. The third-order valence-electron chi connectivity index (χ3n) is 4.68. The van der Waals surface area contributed by atoms with Gasteiger partial charge in [0, 0.05) is 16.8 Å². The maximum absolute atomic E-state index is 12.5. The summed E-state index contributed by atoms with van der Waals surface area (Å²) in [7, 11) is 0. The van der Waals surface area contributed by atoms with Crippen LogP contribution in [0.2, 0.25) is 5.02 Å². The second kappa shape index (κ2) is 10.3. The average molecular weight is 496 g/mol. The van der Waals surface area contributed by atoms with Gasteiger partial charge in [-0.3, -0.25) is 10.1 Å². The molecule has 0 aliphatic heterocycles. The Hall–Kier alpha value is -3.00. The van der Waals surface area contributed by atoms with E-state index in [1.165, 1.54) is 0 Å². The molecule has 1 aromatic heterocycles. The molecule has 0 atom stereocenters. The van der Waals surface area contributed by atoms with Crippen LogP contribution in [0, 0.1) is 5.92 Å². The van der Waals surface area contributed by atoms with E-state index in [0.29, 0.717) is 28.8 Å². The summed E-state index contributed by atoms with van der Waals surface area (Å²) in [6.45, 7) is 4.79. The van der Waals surface area contributed by atoms with Crippen LogP contribution in [-0.2, 0) is 0 Å². The molecule has 168 valence electrons. The number of hydrogen-bond acceptors (Lipinski definition) is 5. The monoisotopic (exact) mass is 495 g/mol. The summed E-state index contributed by atoms with van der Waals surface area (Å²) in [6, 6.07) is 20.4. The van der Waals surface area contributed by atoms with Crippen LogP contribution < -0.4 is 15.4 Å². The van der Waals surface area contributed by atoms with E-state index in [2.05, 4.69) is 29.5 Å². The van der Waals surface area contributed by atoms with Crippen LogP contribution in [0.1, 0.15) is 24.2 Å². The van der Waals surface area contributed by atoms with Gasteiger partial charge in [0.15, 0.2) is 5.11 Å². The zero-order chi connectivity index (χ0) is 23.4. The highest BCUT2D eigenvalue weighted by Gasteiger charge is 2.12. The van der Waals surface area contributed by atoms with E-state index in [1.54, 1.807) is 41.7 Å². The highest BCUT2D eigenvalue weighted by Crippen LogP contribution is 2.35. The van der Waals surface area contributed by atoms with Crippen LogP contribution >= 0.6 is 35.2 Å². The molecular formula is C25H22ClN3O2S2. The van der Waals surface area contributed by atoms with Gasteiger partial charge in [-0.2, -0.15) is 0 Å². The predicted molar refractivity (Wildman–Crippen MR) is 141 cm³/mol. The number of fused-ring (bicyclic) bond motifs is 1. The number of carbonyl (C=O) groups is 1. The molecule has 5 nitrogen and oxygen atoms in total. The molecule has 0 fully saturated rings. The zero-order valence-corrected chi connectivity index (χ0v) is 20.5. The normalized spacial score (nSPS) is 10.9. The number of rotatable bonds is 6. The first-order valence-corrected chi connectivity index (χ1v) is 12.0. The van der Waals surface area contributed by atoms with Crippen molar-refractivity contribution in [2.75, 3.05) is 11.9 Å². The van der Waals surface area contributed by atoms with Crippen molar-refractivity contribution in [1.29, 1.82) is 0 Å². The number of thiocarbonyl (C=S) groups is 1. The van der Waals surface area contributed by atoms with Gasteiger partial charge in [0.25, 0.3) is 5.91 Å². The maximum Gasteiger partial charge on any atom is 0.257 e. The number of halogens is 1. The fourth-order valence-corrected chi connectivity index (χ4v) is 4.60. The number of hydrogen-bond donors (Lipinski definition) is 2. The highest BCUT2D eigenvalue weighted by molar-refractivity contribution is 7.80. The van der Waals surface area contributed by atoms with E-state index >= 15 is 0 Å². The number of nitrogens with zero attached hydrogens (tertiary/aromatic N) is 1. The Balaban J connectivity index is 1.38. The molecule has 0 bridgehead atoms. The topological polar surface area (TPSA) is 63.2 Å². The summed E-state index contributed by atoms with van der Waals surface area (Å²) in [4.78, 5) is 17.2. The van der Waals surface area contributed by atoms with Gasteiger partial charge in [-0.25, -0.2) is 4.98 Å². The molecular weight excluding hydrogens is 474 g/mol. The number of benzene rings is 3. The van der Waals surface area contributed by atoms with Crippen LogP contribution in [0.3, 0.4) is 0 Å². The van der Waals surface area contributed by atoms with Gasteiger partial charge < -0.3 is 10.1 Å². The van der Waals surface area contributed by atoms with Crippen molar-refractivity contribution in [2.24, 2.45) is 5.92 Å². The van der Waals surface area contributed by atoms with E-state index in [4.69, 9.17) is 28.6 Å². The highest BCUT2D eigenvalue weighted by atomic mass is 35.5. The lowest BCUT2D eigenvalue weighted by Gasteiger charge is -2.12. The molecule has 2 N–H and O–H groups in total. The van der Waals surface area contributed by atoms with Gasteiger partial charge >= 0.3 is 0 Å². The SMILES string of the molecule is CC(C)COc1ccc(C(=O)NC(=S)Nc2ccc(-c3nc4ccccc4s3)c(Cl)c2)cc1. The van der Waals surface area contributed by atoms with Gasteiger partial charge in [0.1, 0.15) is 10.8 Å². The summed E-state index contributed by atoms with van der Waals surface area (Å²) in [6.07, 6.45) is 0. The van der Waals surface area contributed by atoms with Gasteiger partial charge in [-0.15, -0.1) is 11.3 Å². The molecule has 0 aliphatic carbocycles. The number of aromatic nitrogens is 1. The average Bonchev–Trinajstić information content (AvgIpc) is 3.22. The molecule has 4 aromatic rings. The quantitative estimate of drug-likeness (QED) is 0.289. The van der Waals surface area contributed by atoms with E-state index in [9.17, 15) is 4.79 Å². The molecule has 0 aliphatic rings. The molecule has 0 unspecified atom stereocenters. The molecule has 8 heteroatoms. The van der Waals surface area contributed by atoms with Crippen LogP contribution in [0.4, 0.5) is 5.69 Å². The minimum atomic E-state index is -0.305. The Bertz CT molecular complexity index is 1270. The van der Waals surface area contributed by atoms with Crippen LogP contribution in [-0.4, -0.2) is 22.6 Å². The van der Waals surface area contributed by atoms with Gasteiger partial charge in [0.2, 0.25) is 0 Å². The largest absolute Gasteiger partial charge is 0.493 e. The third kappa shape index (κ3) is 5.87. The minimum Gasteiger partial charge on any atom is -0.493 e. The molecule has 4 rings (SSSR count). The molecule has 0 spiro atoms. The van der Waals surface area contributed by atoms with Crippen LogP contribution in [0.5, 0.6) is 5.75 Å². The smallest absolute Gasteiger partial charge is 0.257 e. The fourth-order valence-electron chi connectivity index (χ4n) is 3.06. The van der Waals surface area contributed by atoms with Crippen molar-refractivity contribution in [1.82, 2.24) is 10.3 Å². The van der Waals surface area contributed by atoms with E-state index < -0.39 is 0 Å². The Morgan fingerprint density at radius 2 is 1.88 bits per heavy atom. The lowest BCUT2D eigenvalue weighted by Crippen LogP contribution is -2.34. The maximum atomic E-state index is 12.5. The van der Waals surface area contributed by atoms with Gasteiger partial charge in [0.05, 0.1) is 21.8 Å². The van der Waals surface area contributed by atoms with Crippen molar-refractivity contribution in [3.8, 4) is 16.3 Å². The second-order valence-corrected chi connectivity index (χ2v) is 9.66. The fraction of sp³-hybridized carbons (Fsp3) is 0.160. The third-order valence-corrected chi connectivity index (χ3v) is 6.26. The first-order valence-electron chi connectivity index (χ1n) is 10.4. The van der Waals surface area contributed by atoms with Gasteiger partial charge in [-0.05, 0) is 72.7 Å². The van der Waals surface area contributed by atoms with Crippen LogP contribution in [0.15, 0.2) is 66.7 Å². The Labute approximate surface area is 206 Å². The molecule has 3 aromatic carbocycles. The van der Waals surface area contributed by atoms with E-state index in [1.807, 2.05) is 36.4 Å². The lowest BCUT2D eigenvalue weighted by atomic mass is 10.2. The number of carbonyl (C=O) groups excluding carboxylic acids is 1.